The van der Waals surface area contributed by atoms with E-state index in [1.165, 1.54) is 0 Å². The molecule has 6 heteroatoms. The molecule has 6 nitrogen and oxygen atoms in total. The second kappa shape index (κ2) is 5.66. The van der Waals surface area contributed by atoms with Gasteiger partial charge in [-0.1, -0.05) is 0 Å². The first-order valence-electron chi connectivity index (χ1n) is 6.27. The van der Waals surface area contributed by atoms with Crippen molar-refractivity contribution in [2.24, 2.45) is 0 Å². The van der Waals surface area contributed by atoms with Gasteiger partial charge in [0.25, 0.3) is 0 Å². The number of hydrogen-bond donors (Lipinski definition) is 2. The molecule has 0 aromatic carbocycles. The van der Waals surface area contributed by atoms with Crippen LogP contribution in [0.15, 0.2) is 0 Å². The Kier molecular flexibility index (Phi) is 4.20. The number of ether oxygens (including phenoxy) is 1. The third-order valence-corrected chi connectivity index (χ3v) is 3.46. The minimum Gasteiger partial charge on any atom is -0.450 e. The fraction of sp³-hybridized carbons (Fsp3) is 0.909. The number of nitrogens with zero attached hydrogens (tertiary/aromatic N) is 2. The molecule has 0 radical (unpaired) electrons. The molecule has 0 aromatic rings. The van der Waals surface area contributed by atoms with Crippen molar-refractivity contribution in [3.63, 3.8) is 0 Å². The van der Waals surface area contributed by atoms with Gasteiger partial charge in [0.2, 0.25) is 0 Å². The Balaban J connectivity index is 1.79. The zero-order chi connectivity index (χ0) is 12.3. The van der Waals surface area contributed by atoms with Gasteiger partial charge < -0.3 is 20.1 Å². The molecule has 0 saturated carbocycles. The quantitative estimate of drug-likeness (QED) is 0.657. The number of aliphatic hydroxyl groups is 1. The molecule has 2 aliphatic rings. The van der Waals surface area contributed by atoms with Gasteiger partial charge in [-0.2, -0.15) is 0 Å². The maximum absolute atomic E-state index is 11.5. The zero-order valence-electron chi connectivity index (χ0n) is 10.3. The summed E-state index contributed by atoms with van der Waals surface area (Å²) in [5.41, 5.74) is 0. The van der Waals surface area contributed by atoms with E-state index in [-0.39, 0.29) is 18.2 Å². The molecule has 0 unspecified atom stereocenters. The fourth-order valence-corrected chi connectivity index (χ4v) is 2.47. The standard InChI is InChI=1S/C11H21N3O3/c1-2-17-11(16)14-5-3-13(4-6-14)9-7-12-8-10(9)15/h9-10,12,15H,2-8H2,1H3/t9-,10-/m0/s1. The van der Waals surface area contributed by atoms with Crippen molar-refractivity contribution in [3.05, 3.63) is 0 Å². The summed E-state index contributed by atoms with van der Waals surface area (Å²) < 4.78 is 4.97. The van der Waals surface area contributed by atoms with E-state index in [4.69, 9.17) is 4.74 Å². The van der Waals surface area contributed by atoms with Crippen molar-refractivity contribution >= 4 is 6.09 Å². The molecule has 98 valence electrons. The molecule has 0 aromatic heterocycles. The van der Waals surface area contributed by atoms with Gasteiger partial charge in [-0.25, -0.2) is 4.79 Å². The fourth-order valence-electron chi connectivity index (χ4n) is 2.47. The zero-order valence-corrected chi connectivity index (χ0v) is 10.3. The average molecular weight is 243 g/mol. The minimum atomic E-state index is -0.288. The normalized spacial score (nSPS) is 30.6. The summed E-state index contributed by atoms with van der Waals surface area (Å²) in [6.45, 7) is 6.72. The van der Waals surface area contributed by atoms with Crippen LogP contribution in [0.3, 0.4) is 0 Å². The van der Waals surface area contributed by atoms with Crippen molar-refractivity contribution in [1.29, 1.82) is 0 Å². The first-order valence-corrected chi connectivity index (χ1v) is 6.27. The van der Waals surface area contributed by atoms with Crippen LogP contribution in [0.5, 0.6) is 0 Å². The number of amides is 1. The lowest BCUT2D eigenvalue weighted by molar-refractivity contribution is 0.0376. The first-order chi connectivity index (χ1) is 8.22. The number of carbonyl (C=O) groups is 1. The van der Waals surface area contributed by atoms with Gasteiger partial charge in [-0.3, -0.25) is 4.90 Å². The Morgan fingerprint density at radius 3 is 2.59 bits per heavy atom. The maximum atomic E-state index is 11.5. The minimum absolute atomic E-state index is 0.194. The third-order valence-electron chi connectivity index (χ3n) is 3.46. The molecule has 0 bridgehead atoms. The van der Waals surface area contributed by atoms with E-state index in [0.717, 1.165) is 19.6 Å². The third kappa shape index (κ3) is 2.88. The summed E-state index contributed by atoms with van der Waals surface area (Å²) in [6, 6.07) is 0.194. The van der Waals surface area contributed by atoms with Gasteiger partial charge in [0.15, 0.2) is 0 Å². The van der Waals surface area contributed by atoms with E-state index in [2.05, 4.69) is 10.2 Å². The van der Waals surface area contributed by atoms with Crippen LogP contribution >= 0.6 is 0 Å². The van der Waals surface area contributed by atoms with Gasteiger partial charge in [0.05, 0.1) is 12.7 Å². The number of carbonyl (C=O) groups excluding carboxylic acids is 1. The molecule has 2 atom stereocenters. The summed E-state index contributed by atoms with van der Waals surface area (Å²) >= 11 is 0. The topological polar surface area (TPSA) is 65.0 Å². The Morgan fingerprint density at radius 1 is 1.35 bits per heavy atom. The SMILES string of the molecule is CCOC(=O)N1CCN([C@H]2CNC[C@@H]2O)CC1. The van der Waals surface area contributed by atoms with Gasteiger partial charge in [0.1, 0.15) is 0 Å². The molecule has 2 N–H and O–H groups in total. The van der Waals surface area contributed by atoms with Gasteiger partial charge >= 0.3 is 6.09 Å². The number of β-amino-alcohol motifs (C(OH)–C–C–N with tert-alkyl or cyclic N) is 1. The lowest BCUT2D eigenvalue weighted by Crippen LogP contribution is -2.54. The van der Waals surface area contributed by atoms with Gasteiger partial charge in [-0.15, -0.1) is 0 Å². The average Bonchev–Trinajstić information content (AvgIpc) is 2.76. The number of piperazine rings is 1. The van der Waals surface area contributed by atoms with E-state index in [1.807, 2.05) is 6.92 Å². The predicted molar refractivity (Wildman–Crippen MR) is 62.8 cm³/mol. The van der Waals surface area contributed by atoms with Crippen molar-refractivity contribution in [2.45, 2.75) is 19.1 Å². The summed E-state index contributed by atoms with van der Waals surface area (Å²) in [5.74, 6) is 0. The Morgan fingerprint density at radius 2 is 2.06 bits per heavy atom. The molecule has 2 fully saturated rings. The first kappa shape index (κ1) is 12.6. The van der Waals surface area contributed by atoms with Crippen LogP contribution in [-0.2, 0) is 4.74 Å². The molecule has 2 rings (SSSR count). The van der Waals surface area contributed by atoms with Crippen molar-refractivity contribution in [3.8, 4) is 0 Å². The summed E-state index contributed by atoms with van der Waals surface area (Å²) in [4.78, 5) is 15.5. The molecular formula is C11H21N3O3. The van der Waals surface area contributed by atoms with Gasteiger partial charge in [0, 0.05) is 45.3 Å². The maximum Gasteiger partial charge on any atom is 0.409 e. The molecule has 2 aliphatic heterocycles. The van der Waals surface area contributed by atoms with E-state index in [0.29, 0.717) is 26.2 Å². The highest BCUT2D eigenvalue weighted by Gasteiger charge is 2.33. The highest BCUT2D eigenvalue weighted by Crippen LogP contribution is 2.13. The molecule has 2 saturated heterocycles. The number of hydrogen-bond acceptors (Lipinski definition) is 5. The van der Waals surface area contributed by atoms with Crippen molar-refractivity contribution < 1.29 is 14.6 Å². The van der Waals surface area contributed by atoms with E-state index < -0.39 is 0 Å². The Hall–Kier alpha value is -0.850. The summed E-state index contributed by atoms with van der Waals surface area (Å²) in [7, 11) is 0. The Labute approximate surface area is 102 Å². The molecule has 17 heavy (non-hydrogen) atoms. The summed E-state index contributed by atoms with van der Waals surface area (Å²) in [5, 5.41) is 13.0. The van der Waals surface area contributed by atoms with E-state index in [1.54, 1.807) is 4.90 Å². The number of nitrogens with one attached hydrogen (secondary N) is 1. The molecule has 2 heterocycles. The van der Waals surface area contributed by atoms with Crippen molar-refractivity contribution in [1.82, 2.24) is 15.1 Å². The van der Waals surface area contributed by atoms with Crippen LogP contribution in [0.1, 0.15) is 6.92 Å². The second-order valence-electron chi connectivity index (χ2n) is 4.51. The van der Waals surface area contributed by atoms with Crippen LogP contribution in [0.4, 0.5) is 4.79 Å². The lowest BCUT2D eigenvalue weighted by atomic mass is 10.1. The second-order valence-corrected chi connectivity index (χ2v) is 4.51. The largest absolute Gasteiger partial charge is 0.450 e. The molecule has 1 amide bonds. The van der Waals surface area contributed by atoms with Crippen LogP contribution in [0.25, 0.3) is 0 Å². The monoisotopic (exact) mass is 243 g/mol. The predicted octanol–water partition coefficient (Wildman–Crippen LogP) is -0.907. The molecule has 0 aliphatic carbocycles. The summed E-state index contributed by atoms with van der Waals surface area (Å²) in [6.07, 6.45) is -0.513. The van der Waals surface area contributed by atoms with Crippen LogP contribution in [-0.4, -0.2) is 79.0 Å². The van der Waals surface area contributed by atoms with Crippen LogP contribution < -0.4 is 5.32 Å². The van der Waals surface area contributed by atoms with E-state index >= 15 is 0 Å². The Bertz CT molecular complexity index is 267. The number of rotatable bonds is 2. The van der Waals surface area contributed by atoms with Gasteiger partial charge in [-0.05, 0) is 6.92 Å². The van der Waals surface area contributed by atoms with Crippen molar-refractivity contribution in [2.75, 3.05) is 45.9 Å². The molecule has 0 spiro atoms. The number of aliphatic hydroxyl groups excluding tert-OH is 1. The van der Waals surface area contributed by atoms with E-state index in [9.17, 15) is 9.90 Å². The highest BCUT2D eigenvalue weighted by molar-refractivity contribution is 5.67. The lowest BCUT2D eigenvalue weighted by Gasteiger charge is -2.38. The smallest absolute Gasteiger partial charge is 0.409 e. The molecular weight excluding hydrogens is 222 g/mol. The highest BCUT2D eigenvalue weighted by atomic mass is 16.6. The van der Waals surface area contributed by atoms with Crippen LogP contribution in [0.2, 0.25) is 0 Å². The van der Waals surface area contributed by atoms with Crippen LogP contribution in [0, 0.1) is 0 Å².